The lowest BCUT2D eigenvalue weighted by molar-refractivity contribution is -0.267. The fourth-order valence-electron chi connectivity index (χ4n) is 7.31. The summed E-state index contributed by atoms with van der Waals surface area (Å²) < 4.78 is 20.4. The van der Waals surface area contributed by atoms with Crippen molar-refractivity contribution in [3.05, 3.63) is 43.0 Å². The lowest BCUT2D eigenvalue weighted by atomic mass is 9.70. The number of carbonyl (C=O) groups excluding carboxylic acids is 4. The largest absolute Gasteiger partial charge is 0.461 e. The van der Waals surface area contributed by atoms with E-state index in [0.29, 0.717) is 24.3 Å². The van der Waals surface area contributed by atoms with Gasteiger partial charge in [-0.1, -0.05) is 60.6 Å². The van der Waals surface area contributed by atoms with Gasteiger partial charge in [0.2, 0.25) is 5.91 Å². The fraction of sp³-hybridized carbons (Fsp3) is 0.694. The zero-order valence-corrected chi connectivity index (χ0v) is 28.9. The molecule has 3 heterocycles. The highest BCUT2D eigenvalue weighted by atomic mass is 16.7. The fourth-order valence-corrected chi connectivity index (χ4v) is 7.31. The number of nitrogens with zero attached hydrogens (tertiary/aromatic N) is 2. The Morgan fingerprint density at radius 3 is 2.40 bits per heavy atom. The zero-order valence-electron chi connectivity index (χ0n) is 28.9. The summed E-state index contributed by atoms with van der Waals surface area (Å²) in [6.07, 6.45) is 7.30. The van der Waals surface area contributed by atoms with Gasteiger partial charge < -0.3 is 14.2 Å². The molecule has 1 aromatic heterocycles. The van der Waals surface area contributed by atoms with E-state index < -0.39 is 53.1 Å². The molecule has 0 amide bonds. The van der Waals surface area contributed by atoms with Crippen molar-refractivity contribution in [1.82, 2.24) is 9.55 Å². The van der Waals surface area contributed by atoms with Gasteiger partial charge in [0, 0.05) is 36.6 Å². The van der Waals surface area contributed by atoms with E-state index in [1.165, 1.54) is 17.1 Å². The summed E-state index contributed by atoms with van der Waals surface area (Å²) in [7, 11) is 0. The topological polar surface area (TPSA) is 114 Å². The molecule has 3 rings (SSSR count). The Morgan fingerprint density at radius 2 is 1.82 bits per heavy atom. The Kier molecular flexibility index (Phi) is 11.9. The molecule has 1 fully saturated rings. The SMILES string of the molecule is C=C[C@]1(CC(=O)n2ccnc2)/C=C(\C)C(=O)[C@H](C)CC(C)(C)[C@H](OC2O[C@H](C)C[C@H](C)[C@H]2C)[C@@H](C)C(=O)[C@@H](C)C(=O)O[C@@H]1CC. The van der Waals surface area contributed by atoms with Gasteiger partial charge in [0.15, 0.2) is 17.9 Å². The van der Waals surface area contributed by atoms with Crippen LogP contribution in [-0.2, 0) is 28.6 Å². The van der Waals surface area contributed by atoms with Crippen LogP contribution in [-0.4, -0.2) is 57.6 Å². The molecule has 0 N–H and O–H groups in total. The first-order valence-corrected chi connectivity index (χ1v) is 16.4. The molecule has 0 saturated carbocycles. The molecule has 1 aromatic rings. The maximum absolute atomic E-state index is 14.0. The van der Waals surface area contributed by atoms with Gasteiger partial charge in [-0.3, -0.25) is 23.7 Å². The number of allylic oxidation sites excluding steroid dienone is 1. The Balaban J connectivity index is 2.10. The van der Waals surface area contributed by atoms with Crippen molar-refractivity contribution in [3.8, 4) is 0 Å². The summed E-state index contributed by atoms with van der Waals surface area (Å²) in [6, 6.07) is 0. The molecule has 1 unspecified atom stereocenters. The summed E-state index contributed by atoms with van der Waals surface area (Å²) >= 11 is 0. The monoisotopic (exact) mass is 626 g/mol. The van der Waals surface area contributed by atoms with Crippen LogP contribution >= 0.6 is 0 Å². The number of Topliss-reactive ketones (excluding diaryl/α,β-unsaturated/α-hetero) is 2. The molecule has 0 radical (unpaired) electrons. The first-order chi connectivity index (χ1) is 21.0. The van der Waals surface area contributed by atoms with Crippen LogP contribution in [0.1, 0.15) is 99.7 Å². The Hall–Kier alpha value is -2.91. The van der Waals surface area contributed by atoms with Crippen molar-refractivity contribution in [2.45, 2.75) is 120 Å². The highest BCUT2D eigenvalue weighted by molar-refractivity contribution is 6.00. The van der Waals surface area contributed by atoms with Crippen molar-refractivity contribution < 1.29 is 33.4 Å². The van der Waals surface area contributed by atoms with Crippen LogP contribution in [0.3, 0.4) is 0 Å². The minimum absolute atomic E-state index is 0.00720. The minimum atomic E-state index is -1.20. The second kappa shape index (κ2) is 14.7. The van der Waals surface area contributed by atoms with Gasteiger partial charge in [0.1, 0.15) is 18.3 Å². The summed E-state index contributed by atoms with van der Waals surface area (Å²) in [4.78, 5) is 59.0. The van der Waals surface area contributed by atoms with Crippen LogP contribution in [0, 0.1) is 40.4 Å². The number of ketones is 2. The Labute approximate surface area is 269 Å². The molecular formula is C36H54N2O7. The number of rotatable bonds is 6. The first kappa shape index (κ1) is 36.6. The average Bonchev–Trinajstić information content (AvgIpc) is 3.53. The summed E-state index contributed by atoms with van der Waals surface area (Å²) in [5.41, 5.74) is -1.40. The Morgan fingerprint density at radius 1 is 1.16 bits per heavy atom. The average molecular weight is 627 g/mol. The molecule has 1 saturated heterocycles. The van der Waals surface area contributed by atoms with E-state index in [0.717, 1.165) is 6.42 Å². The van der Waals surface area contributed by atoms with Crippen LogP contribution < -0.4 is 0 Å². The van der Waals surface area contributed by atoms with E-state index >= 15 is 0 Å². The van der Waals surface area contributed by atoms with Crippen molar-refractivity contribution in [2.24, 2.45) is 40.4 Å². The Bertz CT molecular complexity index is 1270. The van der Waals surface area contributed by atoms with Crippen LogP contribution in [0.15, 0.2) is 43.0 Å². The maximum Gasteiger partial charge on any atom is 0.316 e. The van der Waals surface area contributed by atoms with E-state index in [4.69, 9.17) is 14.2 Å². The number of hydrogen-bond donors (Lipinski definition) is 0. The molecule has 9 nitrogen and oxygen atoms in total. The van der Waals surface area contributed by atoms with Crippen molar-refractivity contribution in [1.29, 1.82) is 0 Å². The van der Waals surface area contributed by atoms with Gasteiger partial charge in [-0.15, -0.1) is 6.58 Å². The summed E-state index contributed by atoms with van der Waals surface area (Å²) in [5, 5.41) is 0. The smallest absolute Gasteiger partial charge is 0.316 e. The lowest BCUT2D eigenvalue weighted by Gasteiger charge is -2.45. The van der Waals surface area contributed by atoms with Crippen molar-refractivity contribution in [3.63, 3.8) is 0 Å². The molecule has 2 aliphatic heterocycles. The molecular weight excluding hydrogens is 572 g/mol. The predicted octanol–water partition coefficient (Wildman–Crippen LogP) is 6.62. The third-order valence-corrected chi connectivity index (χ3v) is 10.1. The van der Waals surface area contributed by atoms with Gasteiger partial charge >= 0.3 is 5.97 Å². The lowest BCUT2D eigenvalue weighted by Crippen LogP contribution is -2.50. The van der Waals surface area contributed by atoms with Crippen LogP contribution in [0.2, 0.25) is 0 Å². The standard InChI is InChI=1S/C36H54N2O7/c1-12-28-36(13-2,19-29(39)38-15-14-37-20-38)18-23(5)30(40)22(4)17-35(10,11)32(26(8)31(41)27(9)33(42)44-28)45-34-25(7)21(3)16-24(6)43-34/h13-15,18,20-22,24-28,32,34H,2,12,16-17,19H2,1,3-11H3/b23-18+/t21-,22+,24+,25+,26-,27+,28+,32+,34?,36+/m0/s1. The van der Waals surface area contributed by atoms with Gasteiger partial charge in [-0.2, -0.15) is 0 Å². The van der Waals surface area contributed by atoms with E-state index in [9.17, 15) is 19.2 Å². The molecule has 0 bridgehead atoms. The zero-order chi connectivity index (χ0) is 33.9. The molecule has 0 aromatic carbocycles. The van der Waals surface area contributed by atoms with Crippen molar-refractivity contribution >= 4 is 23.4 Å². The first-order valence-electron chi connectivity index (χ1n) is 16.4. The number of esters is 1. The number of imidazole rings is 1. The highest BCUT2D eigenvalue weighted by Gasteiger charge is 2.47. The number of aromatic nitrogens is 2. The number of carbonyl (C=O) groups is 4. The second-order valence-corrected chi connectivity index (χ2v) is 14.3. The highest BCUT2D eigenvalue weighted by Crippen LogP contribution is 2.42. The minimum Gasteiger partial charge on any atom is -0.461 e. The number of hydrogen-bond acceptors (Lipinski definition) is 8. The summed E-state index contributed by atoms with van der Waals surface area (Å²) in [6.45, 7) is 23.1. The third-order valence-electron chi connectivity index (χ3n) is 10.1. The van der Waals surface area contributed by atoms with Gasteiger partial charge in [0.25, 0.3) is 0 Å². The van der Waals surface area contributed by atoms with E-state index in [1.54, 1.807) is 39.1 Å². The maximum atomic E-state index is 14.0. The number of cyclic esters (lactones) is 1. The summed E-state index contributed by atoms with van der Waals surface area (Å²) in [5.74, 6) is -3.14. The normalized spacial score (nSPS) is 38.0. The van der Waals surface area contributed by atoms with Gasteiger partial charge in [-0.25, -0.2) is 4.98 Å². The van der Waals surface area contributed by atoms with E-state index in [1.807, 2.05) is 34.6 Å². The molecule has 10 atom stereocenters. The van der Waals surface area contributed by atoms with Crippen LogP contribution in [0.25, 0.3) is 0 Å². The predicted molar refractivity (Wildman–Crippen MR) is 172 cm³/mol. The third kappa shape index (κ3) is 8.09. The van der Waals surface area contributed by atoms with Crippen LogP contribution in [0.5, 0.6) is 0 Å². The van der Waals surface area contributed by atoms with Crippen molar-refractivity contribution in [2.75, 3.05) is 0 Å². The number of ether oxygens (including phenoxy) is 3. The second-order valence-electron chi connectivity index (χ2n) is 14.3. The molecule has 250 valence electrons. The van der Waals surface area contributed by atoms with E-state index in [-0.39, 0.29) is 35.9 Å². The van der Waals surface area contributed by atoms with Gasteiger partial charge in [-0.05, 0) is 56.9 Å². The molecule has 2 aliphatic rings. The van der Waals surface area contributed by atoms with Gasteiger partial charge in [0.05, 0.1) is 17.6 Å². The quantitative estimate of drug-likeness (QED) is 0.197. The molecule has 45 heavy (non-hydrogen) atoms. The molecule has 0 aliphatic carbocycles. The molecule has 0 spiro atoms. The molecule has 9 heteroatoms. The van der Waals surface area contributed by atoms with E-state index in [2.05, 4.69) is 25.4 Å². The van der Waals surface area contributed by atoms with Crippen LogP contribution in [0.4, 0.5) is 0 Å².